The lowest BCUT2D eigenvalue weighted by atomic mass is 10.5. The van der Waals surface area contributed by atoms with Gasteiger partial charge in [-0.3, -0.25) is 4.72 Å². The molecule has 0 saturated carbocycles. The summed E-state index contributed by atoms with van der Waals surface area (Å²) in [7, 11) is -3.72. The Morgan fingerprint density at radius 2 is 2.25 bits per heavy atom. The highest BCUT2D eigenvalue weighted by molar-refractivity contribution is 7.93. The highest BCUT2D eigenvalue weighted by Crippen LogP contribution is 2.20. The topological polar surface area (TPSA) is 111 Å². The van der Waals surface area contributed by atoms with E-state index in [0.29, 0.717) is 5.00 Å². The normalized spacial score (nSPS) is 11.2. The Bertz CT molecular complexity index is 581. The zero-order chi connectivity index (χ0) is 11.6. The SMILES string of the molecule is Nc1ncccc1S(=O)(=O)Nc1cnns1. The van der Waals surface area contributed by atoms with Crippen LogP contribution >= 0.6 is 11.5 Å². The molecule has 0 saturated heterocycles. The molecule has 0 aliphatic heterocycles. The molecule has 0 unspecified atom stereocenters. The Hall–Kier alpha value is -1.74. The van der Waals surface area contributed by atoms with Crippen LogP contribution in [0.2, 0.25) is 0 Å². The minimum Gasteiger partial charge on any atom is -0.383 e. The van der Waals surface area contributed by atoms with Crippen molar-refractivity contribution in [2.24, 2.45) is 0 Å². The number of hydrogen-bond acceptors (Lipinski definition) is 7. The molecule has 0 aliphatic rings. The number of hydrogen-bond donors (Lipinski definition) is 2. The molecule has 2 aromatic rings. The second kappa shape index (κ2) is 4.02. The van der Waals surface area contributed by atoms with Crippen LogP contribution in [0.3, 0.4) is 0 Å². The molecule has 2 aromatic heterocycles. The minimum absolute atomic E-state index is 0.0486. The van der Waals surface area contributed by atoms with Gasteiger partial charge in [-0.1, -0.05) is 4.49 Å². The maximum absolute atomic E-state index is 11.8. The Morgan fingerprint density at radius 1 is 1.44 bits per heavy atom. The summed E-state index contributed by atoms with van der Waals surface area (Å²) in [6.07, 6.45) is 2.73. The number of nitrogens with one attached hydrogen (secondary N) is 1. The zero-order valence-electron chi connectivity index (χ0n) is 7.86. The van der Waals surface area contributed by atoms with Crippen LogP contribution in [-0.2, 0) is 10.0 Å². The highest BCUT2D eigenvalue weighted by Gasteiger charge is 2.18. The fraction of sp³-hybridized carbons (Fsp3) is 0. The third kappa shape index (κ3) is 2.09. The van der Waals surface area contributed by atoms with Gasteiger partial charge in [0.1, 0.15) is 15.7 Å². The molecule has 2 rings (SSSR count). The van der Waals surface area contributed by atoms with Gasteiger partial charge in [0.05, 0.1) is 6.20 Å². The summed E-state index contributed by atoms with van der Waals surface area (Å²) in [5.41, 5.74) is 5.48. The summed E-state index contributed by atoms with van der Waals surface area (Å²) in [6.45, 7) is 0. The third-order valence-electron chi connectivity index (χ3n) is 1.69. The summed E-state index contributed by atoms with van der Waals surface area (Å²) in [6, 6.07) is 2.87. The molecule has 0 atom stereocenters. The zero-order valence-corrected chi connectivity index (χ0v) is 9.49. The lowest BCUT2D eigenvalue weighted by Crippen LogP contribution is -2.14. The van der Waals surface area contributed by atoms with Gasteiger partial charge in [-0.25, -0.2) is 13.4 Å². The van der Waals surface area contributed by atoms with Gasteiger partial charge >= 0.3 is 0 Å². The molecule has 0 radical (unpaired) electrons. The Labute approximate surface area is 95.5 Å². The van der Waals surface area contributed by atoms with E-state index in [-0.39, 0.29) is 10.7 Å². The van der Waals surface area contributed by atoms with Crippen LogP contribution in [0.4, 0.5) is 10.8 Å². The number of nitrogen functional groups attached to an aromatic ring is 1. The molecule has 16 heavy (non-hydrogen) atoms. The molecular formula is C7H7N5O2S2. The molecule has 0 bridgehead atoms. The van der Waals surface area contributed by atoms with E-state index in [1.165, 1.54) is 24.5 Å². The first-order chi connectivity index (χ1) is 7.59. The monoisotopic (exact) mass is 257 g/mol. The Kier molecular flexibility index (Phi) is 2.71. The molecule has 7 nitrogen and oxygen atoms in total. The molecule has 0 amide bonds. The van der Waals surface area contributed by atoms with Crippen molar-refractivity contribution in [2.45, 2.75) is 4.90 Å². The van der Waals surface area contributed by atoms with Crippen molar-refractivity contribution in [1.29, 1.82) is 0 Å². The number of sulfonamides is 1. The number of aromatic nitrogens is 3. The summed E-state index contributed by atoms with van der Waals surface area (Å²) < 4.78 is 29.5. The predicted molar refractivity (Wildman–Crippen MR) is 59.4 cm³/mol. The van der Waals surface area contributed by atoms with E-state index in [4.69, 9.17) is 5.73 Å². The Morgan fingerprint density at radius 3 is 2.88 bits per heavy atom. The van der Waals surface area contributed by atoms with Gasteiger partial charge in [0.2, 0.25) is 0 Å². The minimum atomic E-state index is -3.72. The second-order valence-electron chi connectivity index (χ2n) is 2.77. The molecule has 0 aliphatic carbocycles. The van der Waals surface area contributed by atoms with Crippen molar-refractivity contribution in [3.05, 3.63) is 24.5 Å². The van der Waals surface area contributed by atoms with Crippen molar-refractivity contribution >= 4 is 32.4 Å². The van der Waals surface area contributed by atoms with Crippen molar-refractivity contribution in [1.82, 2.24) is 14.6 Å². The molecule has 2 heterocycles. The summed E-state index contributed by atoms with van der Waals surface area (Å²) in [5, 5.41) is 3.84. The third-order valence-corrected chi connectivity index (χ3v) is 3.81. The van der Waals surface area contributed by atoms with Crippen molar-refractivity contribution in [2.75, 3.05) is 10.5 Å². The van der Waals surface area contributed by atoms with Gasteiger partial charge in [0, 0.05) is 17.7 Å². The fourth-order valence-electron chi connectivity index (χ4n) is 1.03. The number of anilines is 2. The fourth-order valence-corrected chi connectivity index (χ4v) is 2.80. The Balaban J connectivity index is 2.37. The first kappa shape index (κ1) is 10.8. The summed E-state index contributed by atoms with van der Waals surface area (Å²) in [4.78, 5) is 3.64. The molecule has 84 valence electrons. The molecule has 9 heteroatoms. The molecule has 3 N–H and O–H groups in total. The van der Waals surface area contributed by atoms with E-state index >= 15 is 0 Å². The number of nitrogens with two attached hydrogens (primary N) is 1. The first-order valence-electron chi connectivity index (χ1n) is 4.10. The van der Waals surface area contributed by atoms with Crippen LogP contribution in [0.5, 0.6) is 0 Å². The predicted octanol–water partition coefficient (Wildman–Crippen LogP) is 0.316. The molecule has 0 fully saturated rings. The lowest BCUT2D eigenvalue weighted by molar-refractivity contribution is 0.601. The van der Waals surface area contributed by atoms with Gasteiger partial charge in [-0.05, 0) is 12.1 Å². The number of pyridine rings is 1. The molecule has 0 aromatic carbocycles. The largest absolute Gasteiger partial charge is 0.383 e. The van der Waals surface area contributed by atoms with E-state index in [9.17, 15) is 8.42 Å². The summed E-state index contributed by atoms with van der Waals surface area (Å²) >= 11 is 0.938. The smallest absolute Gasteiger partial charge is 0.266 e. The molecule has 0 spiro atoms. The maximum Gasteiger partial charge on any atom is 0.266 e. The van der Waals surface area contributed by atoms with Gasteiger partial charge in [0.25, 0.3) is 10.0 Å². The average Bonchev–Trinajstić information content (AvgIpc) is 2.70. The van der Waals surface area contributed by atoms with Crippen LogP contribution in [0, 0.1) is 0 Å². The molecular weight excluding hydrogens is 250 g/mol. The van der Waals surface area contributed by atoms with Gasteiger partial charge in [0.15, 0.2) is 0 Å². The van der Waals surface area contributed by atoms with Crippen LogP contribution in [0.15, 0.2) is 29.4 Å². The van der Waals surface area contributed by atoms with Gasteiger partial charge < -0.3 is 5.73 Å². The lowest BCUT2D eigenvalue weighted by Gasteiger charge is -2.06. The number of nitrogens with zero attached hydrogens (tertiary/aromatic N) is 3. The van der Waals surface area contributed by atoms with Crippen LogP contribution < -0.4 is 10.5 Å². The second-order valence-corrected chi connectivity index (χ2v) is 5.21. The van der Waals surface area contributed by atoms with Crippen LogP contribution in [-0.4, -0.2) is 23.0 Å². The quantitative estimate of drug-likeness (QED) is 0.819. The maximum atomic E-state index is 11.8. The van der Waals surface area contributed by atoms with Crippen molar-refractivity contribution in [3.8, 4) is 0 Å². The van der Waals surface area contributed by atoms with E-state index in [2.05, 4.69) is 19.3 Å². The highest BCUT2D eigenvalue weighted by atomic mass is 32.2. The standard InChI is InChI=1S/C7H7N5O2S2/c8-7-5(2-1-3-9-7)16(13,14)11-6-4-10-12-15-6/h1-4,11H,(H2,8,9). The van der Waals surface area contributed by atoms with E-state index < -0.39 is 10.0 Å². The van der Waals surface area contributed by atoms with E-state index in [0.717, 1.165) is 11.5 Å². The van der Waals surface area contributed by atoms with Gasteiger partial charge in [-0.15, -0.1) is 5.10 Å². The van der Waals surface area contributed by atoms with Crippen LogP contribution in [0.1, 0.15) is 0 Å². The average molecular weight is 257 g/mol. The van der Waals surface area contributed by atoms with Crippen molar-refractivity contribution in [3.63, 3.8) is 0 Å². The van der Waals surface area contributed by atoms with E-state index in [1.807, 2.05) is 0 Å². The summed E-state index contributed by atoms with van der Waals surface area (Å²) in [5.74, 6) is -0.0486. The van der Waals surface area contributed by atoms with E-state index in [1.54, 1.807) is 0 Å². The van der Waals surface area contributed by atoms with Crippen LogP contribution in [0.25, 0.3) is 0 Å². The van der Waals surface area contributed by atoms with Crippen molar-refractivity contribution < 1.29 is 8.42 Å². The van der Waals surface area contributed by atoms with Gasteiger partial charge in [-0.2, -0.15) is 0 Å². The number of rotatable bonds is 3. The first-order valence-corrected chi connectivity index (χ1v) is 6.36.